The number of benzene rings is 2. The van der Waals surface area contributed by atoms with Crippen LogP contribution < -0.4 is 4.52 Å². The van der Waals surface area contributed by atoms with Crippen molar-refractivity contribution in [1.29, 1.82) is 0 Å². The Labute approximate surface area is 120 Å². The molecule has 0 aliphatic heterocycles. The normalized spacial score (nSPS) is 14.1. The molecule has 0 saturated carbocycles. The lowest BCUT2D eigenvalue weighted by Gasteiger charge is -2.13. The van der Waals surface area contributed by atoms with Crippen molar-refractivity contribution >= 4 is 18.4 Å². The lowest BCUT2D eigenvalue weighted by Crippen LogP contribution is -1.97. The first-order valence-electron chi connectivity index (χ1n) is 7.11. The van der Waals surface area contributed by atoms with Gasteiger partial charge in [0.1, 0.15) is 5.75 Å². The topological polar surface area (TPSA) is 46.5 Å². The lowest BCUT2D eigenvalue weighted by molar-refractivity contribution is 0.377. The van der Waals surface area contributed by atoms with Crippen LogP contribution in [0, 0.1) is 0 Å². The molecule has 1 atom stereocenters. The minimum atomic E-state index is -3.53. The van der Waals surface area contributed by atoms with E-state index in [2.05, 4.69) is 6.92 Å². The molecule has 0 aliphatic rings. The SMILES string of the molecule is CCCCCCP(=O)(O)Oc1ccc2ccccc2c1. The molecular formula is C16H21O3P. The fourth-order valence-electron chi connectivity index (χ4n) is 2.17. The number of fused-ring (bicyclic) bond motifs is 1. The minimum Gasteiger partial charge on any atom is -0.424 e. The Balaban J connectivity index is 2.01. The quantitative estimate of drug-likeness (QED) is 0.578. The largest absolute Gasteiger partial charge is 0.424 e. The standard InChI is InChI=1S/C16H21O3P/c1-2-3-4-7-12-20(17,18)19-16-11-10-14-8-5-6-9-15(14)13-16/h5-6,8-11,13H,2-4,7,12H2,1H3,(H,17,18). The molecule has 0 spiro atoms. The molecule has 1 N–H and O–H groups in total. The van der Waals surface area contributed by atoms with Crippen LogP contribution in [0.4, 0.5) is 0 Å². The van der Waals surface area contributed by atoms with Gasteiger partial charge in [-0.3, -0.25) is 0 Å². The van der Waals surface area contributed by atoms with E-state index < -0.39 is 7.60 Å². The van der Waals surface area contributed by atoms with Gasteiger partial charge in [-0.2, -0.15) is 0 Å². The van der Waals surface area contributed by atoms with Crippen LogP contribution in [-0.2, 0) is 4.57 Å². The average Bonchev–Trinajstić information content (AvgIpc) is 2.43. The summed E-state index contributed by atoms with van der Waals surface area (Å²) in [5.74, 6) is 0.463. The Morgan fingerprint density at radius 2 is 1.80 bits per heavy atom. The van der Waals surface area contributed by atoms with E-state index in [1.165, 1.54) is 0 Å². The Morgan fingerprint density at radius 1 is 1.05 bits per heavy atom. The van der Waals surface area contributed by atoms with Gasteiger partial charge in [0.15, 0.2) is 0 Å². The van der Waals surface area contributed by atoms with Crippen molar-refractivity contribution in [3.05, 3.63) is 42.5 Å². The van der Waals surface area contributed by atoms with E-state index in [9.17, 15) is 9.46 Å². The molecule has 0 bridgehead atoms. The maximum absolute atomic E-state index is 12.0. The van der Waals surface area contributed by atoms with Crippen molar-refractivity contribution in [2.45, 2.75) is 32.6 Å². The molecule has 0 saturated heterocycles. The summed E-state index contributed by atoms with van der Waals surface area (Å²) >= 11 is 0. The van der Waals surface area contributed by atoms with Gasteiger partial charge in [-0.25, -0.2) is 4.57 Å². The second kappa shape index (κ2) is 6.92. The van der Waals surface area contributed by atoms with Crippen molar-refractivity contribution < 1.29 is 14.0 Å². The van der Waals surface area contributed by atoms with Crippen molar-refractivity contribution in [1.82, 2.24) is 0 Å². The highest BCUT2D eigenvalue weighted by atomic mass is 31.2. The molecule has 2 rings (SSSR count). The van der Waals surface area contributed by atoms with Crippen LogP contribution in [0.5, 0.6) is 5.75 Å². The number of unbranched alkanes of at least 4 members (excludes halogenated alkanes) is 3. The van der Waals surface area contributed by atoms with Crippen molar-refractivity contribution in [3.63, 3.8) is 0 Å². The maximum Gasteiger partial charge on any atom is 0.376 e. The third kappa shape index (κ3) is 4.36. The summed E-state index contributed by atoms with van der Waals surface area (Å²) in [5.41, 5.74) is 0. The highest BCUT2D eigenvalue weighted by Gasteiger charge is 2.20. The predicted octanol–water partition coefficient (Wildman–Crippen LogP) is 4.98. The van der Waals surface area contributed by atoms with E-state index in [4.69, 9.17) is 4.52 Å². The van der Waals surface area contributed by atoms with Crippen LogP contribution in [0.2, 0.25) is 0 Å². The van der Waals surface area contributed by atoms with Gasteiger partial charge in [-0.1, -0.05) is 56.5 Å². The minimum absolute atomic E-state index is 0.222. The number of rotatable bonds is 7. The van der Waals surface area contributed by atoms with Crippen LogP contribution in [0.1, 0.15) is 32.6 Å². The molecule has 108 valence electrons. The highest BCUT2D eigenvalue weighted by Crippen LogP contribution is 2.44. The average molecular weight is 292 g/mol. The Kier molecular flexibility index (Phi) is 5.22. The van der Waals surface area contributed by atoms with Gasteiger partial charge in [-0.05, 0) is 29.3 Å². The van der Waals surface area contributed by atoms with E-state index in [-0.39, 0.29) is 6.16 Å². The first-order chi connectivity index (χ1) is 9.61. The van der Waals surface area contributed by atoms with Gasteiger partial charge in [0, 0.05) is 0 Å². The first-order valence-corrected chi connectivity index (χ1v) is 8.87. The molecular weight excluding hydrogens is 271 g/mol. The molecule has 0 amide bonds. The summed E-state index contributed by atoms with van der Waals surface area (Å²) in [6.07, 6.45) is 4.13. The molecule has 0 aromatic heterocycles. The zero-order valence-corrected chi connectivity index (χ0v) is 12.7. The molecule has 0 aliphatic carbocycles. The second-order valence-electron chi connectivity index (χ2n) is 5.02. The zero-order chi connectivity index (χ0) is 14.4. The monoisotopic (exact) mass is 292 g/mol. The number of hydrogen-bond acceptors (Lipinski definition) is 2. The van der Waals surface area contributed by atoms with Gasteiger partial charge in [-0.15, -0.1) is 0 Å². The van der Waals surface area contributed by atoms with Crippen molar-refractivity contribution in [3.8, 4) is 5.75 Å². The van der Waals surface area contributed by atoms with E-state index in [1.807, 2.05) is 36.4 Å². The van der Waals surface area contributed by atoms with Crippen molar-refractivity contribution in [2.75, 3.05) is 6.16 Å². The summed E-state index contributed by atoms with van der Waals surface area (Å²) in [7, 11) is -3.53. The Bertz CT molecular complexity index is 609. The van der Waals surface area contributed by atoms with E-state index in [1.54, 1.807) is 6.07 Å². The molecule has 0 radical (unpaired) electrons. The van der Waals surface area contributed by atoms with E-state index >= 15 is 0 Å². The highest BCUT2D eigenvalue weighted by molar-refractivity contribution is 7.53. The van der Waals surface area contributed by atoms with Crippen LogP contribution >= 0.6 is 7.60 Å². The number of hydrogen-bond donors (Lipinski definition) is 1. The van der Waals surface area contributed by atoms with Gasteiger partial charge >= 0.3 is 7.60 Å². The Hall–Kier alpha value is -1.31. The smallest absolute Gasteiger partial charge is 0.376 e. The Morgan fingerprint density at radius 3 is 2.55 bits per heavy atom. The zero-order valence-electron chi connectivity index (χ0n) is 11.8. The lowest BCUT2D eigenvalue weighted by atomic mass is 10.1. The van der Waals surface area contributed by atoms with E-state index in [0.29, 0.717) is 5.75 Å². The molecule has 4 heteroatoms. The fourth-order valence-corrected chi connectivity index (χ4v) is 3.33. The van der Waals surface area contributed by atoms with Gasteiger partial charge in [0.25, 0.3) is 0 Å². The van der Waals surface area contributed by atoms with Gasteiger partial charge < -0.3 is 9.42 Å². The molecule has 1 unspecified atom stereocenters. The summed E-state index contributed by atoms with van der Waals surface area (Å²) in [5, 5.41) is 2.10. The summed E-state index contributed by atoms with van der Waals surface area (Å²) < 4.78 is 17.3. The first kappa shape index (κ1) is 15.1. The maximum atomic E-state index is 12.0. The summed E-state index contributed by atoms with van der Waals surface area (Å²) in [6.45, 7) is 2.12. The fraction of sp³-hybridized carbons (Fsp3) is 0.375. The predicted molar refractivity (Wildman–Crippen MR) is 83.4 cm³/mol. The van der Waals surface area contributed by atoms with Crippen LogP contribution in [0.15, 0.2) is 42.5 Å². The van der Waals surface area contributed by atoms with Crippen molar-refractivity contribution in [2.24, 2.45) is 0 Å². The van der Waals surface area contributed by atoms with Crippen LogP contribution in [-0.4, -0.2) is 11.1 Å². The van der Waals surface area contributed by atoms with Gasteiger partial charge in [0.05, 0.1) is 6.16 Å². The van der Waals surface area contributed by atoms with E-state index in [0.717, 1.165) is 36.5 Å². The van der Waals surface area contributed by atoms with Gasteiger partial charge in [0.2, 0.25) is 0 Å². The summed E-state index contributed by atoms with van der Waals surface area (Å²) in [6, 6.07) is 13.3. The molecule has 20 heavy (non-hydrogen) atoms. The van der Waals surface area contributed by atoms with Crippen LogP contribution in [0.25, 0.3) is 10.8 Å². The third-order valence-electron chi connectivity index (χ3n) is 3.26. The van der Waals surface area contributed by atoms with Crippen LogP contribution in [0.3, 0.4) is 0 Å². The molecule has 3 nitrogen and oxygen atoms in total. The second-order valence-corrected chi connectivity index (χ2v) is 6.93. The molecule has 0 heterocycles. The third-order valence-corrected chi connectivity index (χ3v) is 4.64. The molecule has 2 aromatic rings. The molecule has 0 fully saturated rings. The molecule has 2 aromatic carbocycles. The summed E-state index contributed by atoms with van der Waals surface area (Å²) in [4.78, 5) is 9.87.